The van der Waals surface area contributed by atoms with Crippen molar-refractivity contribution in [3.05, 3.63) is 255 Å². The topological polar surface area (TPSA) is 41.9 Å². The molecule has 0 saturated carbocycles. The second kappa shape index (κ2) is 17.2. The van der Waals surface area contributed by atoms with E-state index >= 15 is 0 Å². The van der Waals surface area contributed by atoms with Crippen LogP contribution in [0, 0.1) is 0 Å². The first-order valence-corrected chi connectivity index (χ1v) is 22.5. The molecule has 0 fully saturated rings. The van der Waals surface area contributed by atoms with Crippen LogP contribution in [-0.4, -0.2) is 8.42 Å². The van der Waals surface area contributed by atoms with Crippen molar-refractivity contribution in [1.82, 2.24) is 0 Å². The Morgan fingerprint density at radius 2 is 0.460 bits per heavy atom. The second-order valence-electron chi connectivity index (χ2n) is 15.4. The van der Waals surface area contributed by atoms with Crippen molar-refractivity contribution in [2.24, 2.45) is 0 Å². The van der Waals surface area contributed by atoms with E-state index in [-0.39, 0.29) is 9.79 Å². The Bertz CT molecular complexity index is 2930. The Morgan fingerprint density at radius 1 is 0.238 bits per heavy atom. The molecule has 0 aliphatic rings. The summed E-state index contributed by atoms with van der Waals surface area (Å²) in [5.74, 6) is 0. The molecular weight excluding hydrogens is 789 g/mol. The van der Waals surface area contributed by atoms with Crippen LogP contribution in [0.1, 0.15) is 0 Å². The molecule has 0 amide bonds. The molecule has 0 saturated heterocycles. The average molecular weight is 831 g/mol. The van der Waals surface area contributed by atoms with Crippen LogP contribution in [-0.2, 0) is 9.84 Å². The molecule has 0 aliphatic heterocycles. The fourth-order valence-electron chi connectivity index (χ4n) is 8.31. The van der Waals surface area contributed by atoms with E-state index in [1.807, 2.05) is 109 Å². The van der Waals surface area contributed by atoms with Crippen molar-refractivity contribution in [2.45, 2.75) is 9.79 Å². The van der Waals surface area contributed by atoms with Gasteiger partial charge < -0.3 is 0 Å². The van der Waals surface area contributed by atoms with Gasteiger partial charge in [0.25, 0.3) is 0 Å². The summed E-state index contributed by atoms with van der Waals surface area (Å²) in [6.45, 7) is 0. The SMILES string of the molecule is O=S(=O)(c1ccc(-[n+]2c(-c3ccccc3)cc(-c3ccccc3)cc2-c2ccccc2)cc1)c1ccc(-[n+]2c(-c3ccccc3)cc(-c3ccccc3)cc2-c2ccccc2)cc1. The van der Waals surface area contributed by atoms with Gasteiger partial charge in [0.05, 0.1) is 9.79 Å². The summed E-state index contributed by atoms with van der Waals surface area (Å²) in [4.78, 5) is 0.440. The number of rotatable bonds is 10. The van der Waals surface area contributed by atoms with Crippen molar-refractivity contribution in [2.75, 3.05) is 0 Å². The van der Waals surface area contributed by atoms with E-state index in [9.17, 15) is 8.42 Å². The molecule has 10 rings (SSSR count). The van der Waals surface area contributed by atoms with E-state index < -0.39 is 9.84 Å². The number of sulfone groups is 1. The van der Waals surface area contributed by atoms with Crippen LogP contribution in [0.4, 0.5) is 0 Å². The summed E-state index contributed by atoms with van der Waals surface area (Å²) in [7, 11) is -3.89. The Morgan fingerprint density at radius 3 is 0.698 bits per heavy atom. The molecule has 10 aromatic rings. The van der Waals surface area contributed by atoms with Crippen LogP contribution in [0.15, 0.2) is 265 Å². The number of pyridine rings is 2. The minimum absolute atomic E-state index is 0.220. The molecule has 0 atom stereocenters. The summed E-state index contributed by atoms with van der Waals surface area (Å²) >= 11 is 0. The molecular formula is C58H42N2O2S+2. The van der Waals surface area contributed by atoms with E-state index in [0.29, 0.717) is 0 Å². The fraction of sp³-hybridized carbons (Fsp3) is 0. The van der Waals surface area contributed by atoms with E-state index in [1.165, 1.54) is 0 Å². The predicted octanol–water partition coefficient (Wildman–Crippen LogP) is 13.1. The Hall–Kier alpha value is -7.99. The van der Waals surface area contributed by atoms with Crippen molar-refractivity contribution in [1.29, 1.82) is 0 Å². The molecule has 5 heteroatoms. The molecule has 2 heterocycles. The van der Waals surface area contributed by atoms with E-state index in [0.717, 1.165) is 78.7 Å². The monoisotopic (exact) mass is 830 g/mol. The number of hydrogen-bond donors (Lipinski definition) is 0. The van der Waals surface area contributed by atoms with Crippen LogP contribution in [0.2, 0.25) is 0 Å². The highest BCUT2D eigenvalue weighted by molar-refractivity contribution is 7.91. The van der Waals surface area contributed by atoms with Crippen LogP contribution in [0.5, 0.6) is 0 Å². The summed E-state index contributed by atoms with van der Waals surface area (Å²) in [6.07, 6.45) is 0. The van der Waals surface area contributed by atoms with Gasteiger partial charge in [0.15, 0.2) is 0 Å². The van der Waals surface area contributed by atoms with Gasteiger partial charge >= 0.3 is 0 Å². The van der Waals surface area contributed by atoms with Crippen LogP contribution in [0.25, 0.3) is 78.7 Å². The van der Waals surface area contributed by atoms with E-state index in [2.05, 4.69) is 130 Å². The molecule has 2 aromatic heterocycles. The zero-order valence-corrected chi connectivity index (χ0v) is 35.2. The quantitative estimate of drug-likeness (QED) is 0.129. The summed E-state index contributed by atoms with van der Waals surface area (Å²) < 4.78 is 33.4. The molecule has 4 nitrogen and oxygen atoms in total. The predicted molar refractivity (Wildman–Crippen MR) is 254 cm³/mol. The van der Waals surface area contributed by atoms with Crippen LogP contribution in [0.3, 0.4) is 0 Å². The number of nitrogens with zero attached hydrogens (tertiary/aromatic N) is 2. The van der Waals surface area contributed by atoms with Gasteiger partial charge in [0, 0.05) is 70.8 Å². The minimum atomic E-state index is -3.89. The summed E-state index contributed by atoms with van der Waals surface area (Å²) in [6, 6.07) is 85.4. The van der Waals surface area contributed by atoms with Gasteiger partial charge in [0.1, 0.15) is 0 Å². The van der Waals surface area contributed by atoms with Gasteiger partial charge in [-0.3, -0.25) is 0 Å². The van der Waals surface area contributed by atoms with Crippen molar-refractivity contribution >= 4 is 9.84 Å². The average Bonchev–Trinajstić information content (AvgIpc) is 3.37. The lowest BCUT2D eigenvalue weighted by Crippen LogP contribution is -2.36. The molecule has 0 radical (unpaired) electrons. The maximum Gasteiger partial charge on any atom is 0.219 e. The smallest absolute Gasteiger partial charge is 0.219 e. The molecule has 300 valence electrons. The second-order valence-corrected chi connectivity index (χ2v) is 17.3. The number of benzene rings is 8. The molecule has 0 aliphatic carbocycles. The zero-order chi connectivity index (χ0) is 42.6. The highest BCUT2D eigenvalue weighted by Gasteiger charge is 2.28. The standard InChI is InChI=1S/C58H42N2O2S/c61-63(62,53-35-31-51(32-36-53)59-55(45-23-11-3-12-24-45)39-49(43-19-7-1-8-20-43)40-56(59)46-25-13-4-14-26-46)54-37-33-52(34-38-54)60-57(47-27-15-5-16-28-47)41-50(44-21-9-2-10-22-44)42-58(60)48-29-17-6-18-30-48/h1-42H/q+2. The Kier molecular flexibility index (Phi) is 10.7. The lowest BCUT2D eigenvalue weighted by molar-refractivity contribution is -0.572. The minimum Gasteiger partial charge on any atom is -0.219 e. The number of aromatic nitrogens is 2. The highest BCUT2D eigenvalue weighted by atomic mass is 32.2. The lowest BCUT2D eigenvalue weighted by Gasteiger charge is -2.13. The highest BCUT2D eigenvalue weighted by Crippen LogP contribution is 2.33. The van der Waals surface area contributed by atoms with Crippen molar-refractivity contribution in [3.63, 3.8) is 0 Å². The van der Waals surface area contributed by atoms with Crippen molar-refractivity contribution < 1.29 is 17.6 Å². The van der Waals surface area contributed by atoms with Gasteiger partial charge in [0.2, 0.25) is 44.0 Å². The first-order valence-electron chi connectivity index (χ1n) is 21.0. The maximum atomic E-state index is 14.5. The van der Waals surface area contributed by atoms with Crippen LogP contribution < -0.4 is 9.13 Å². The third-order valence-corrected chi connectivity index (χ3v) is 13.2. The fourth-order valence-corrected chi connectivity index (χ4v) is 9.57. The van der Waals surface area contributed by atoms with E-state index in [4.69, 9.17) is 0 Å². The van der Waals surface area contributed by atoms with Gasteiger partial charge in [-0.05, 0) is 95.1 Å². The largest absolute Gasteiger partial charge is 0.219 e. The molecule has 63 heavy (non-hydrogen) atoms. The van der Waals surface area contributed by atoms with E-state index in [1.54, 1.807) is 24.3 Å². The third-order valence-electron chi connectivity index (χ3n) is 11.4. The zero-order valence-electron chi connectivity index (χ0n) is 34.4. The van der Waals surface area contributed by atoms with Crippen LogP contribution >= 0.6 is 0 Å². The number of hydrogen-bond acceptors (Lipinski definition) is 2. The lowest BCUT2D eigenvalue weighted by atomic mass is 9.98. The molecule has 0 unspecified atom stereocenters. The Balaban J connectivity index is 1.06. The molecule has 0 bridgehead atoms. The first kappa shape index (κ1) is 39.2. The van der Waals surface area contributed by atoms with Gasteiger partial charge in [-0.1, -0.05) is 133 Å². The maximum absolute atomic E-state index is 14.5. The summed E-state index contributed by atoms with van der Waals surface area (Å²) in [5, 5.41) is 0. The molecule has 8 aromatic carbocycles. The first-order chi connectivity index (χ1) is 31.0. The van der Waals surface area contributed by atoms with Gasteiger partial charge in [-0.15, -0.1) is 0 Å². The normalized spacial score (nSPS) is 11.3. The molecule has 0 spiro atoms. The summed E-state index contributed by atoms with van der Waals surface area (Å²) in [5.41, 5.74) is 14.2. The van der Waals surface area contributed by atoms with Gasteiger partial charge in [-0.2, -0.15) is 9.13 Å². The van der Waals surface area contributed by atoms with Gasteiger partial charge in [-0.25, -0.2) is 8.42 Å². The molecule has 0 N–H and O–H groups in total. The Labute approximate surface area is 368 Å². The third kappa shape index (κ3) is 7.90. The van der Waals surface area contributed by atoms with Crippen molar-refractivity contribution in [3.8, 4) is 78.7 Å².